The molecule has 0 saturated carbocycles. The fraction of sp³-hybridized carbons (Fsp3) is 0.250. The second-order valence-electron chi connectivity index (χ2n) is 5.20. The van der Waals surface area contributed by atoms with Gasteiger partial charge in [0.1, 0.15) is 11.5 Å². The van der Waals surface area contributed by atoms with Gasteiger partial charge in [0.15, 0.2) is 0 Å². The van der Waals surface area contributed by atoms with Crippen LogP contribution < -0.4 is 5.56 Å². The van der Waals surface area contributed by atoms with Crippen LogP contribution in [0.25, 0.3) is 12.2 Å². The molecule has 6 heteroatoms. The third-order valence-electron chi connectivity index (χ3n) is 3.65. The van der Waals surface area contributed by atoms with Crippen LogP contribution in [-0.2, 0) is 12.8 Å². The molecular weight excluding hydrogens is 282 g/mol. The Bertz CT molecular complexity index is 791. The van der Waals surface area contributed by atoms with Crippen LogP contribution in [0.5, 0.6) is 0 Å². The average Bonchev–Trinajstić information content (AvgIpc) is 2.53. The molecule has 0 bridgehead atoms. The number of aromatic carboxylic acids is 1. The van der Waals surface area contributed by atoms with Crippen LogP contribution in [0.4, 0.5) is 0 Å². The van der Waals surface area contributed by atoms with Crippen molar-refractivity contribution in [2.45, 2.75) is 25.7 Å². The zero-order valence-corrected chi connectivity index (χ0v) is 11.9. The molecule has 0 aromatic carbocycles. The third-order valence-corrected chi connectivity index (χ3v) is 3.65. The third kappa shape index (κ3) is 2.95. The van der Waals surface area contributed by atoms with Crippen LogP contribution in [0, 0.1) is 0 Å². The smallest absolute Gasteiger partial charge is 0.354 e. The Morgan fingerprint density at radius 2 is 2.05 bits per heavy atom. The predicted molar refractivity (Wildman–Crippen MR) is 81.6 cm³/mol. The van der Waals surface area contributed by atoms with Crippen LogP contribution in [0.2, 0.25) is 0 Å². The number of fused-ring (bicyclic) bond motifs is 1. The van der Waals surface area contributed by atoms with Gasteiger partial charge in [0.2, 0.25) is 0 Å². The molecule has 2 aromatic heterocycles. The molecule has 1 aliphatic carbocycles. The molecule has 2 N–H and O–H groups in total. The summed E-state index contributed by atoms with van der Waals surface area (Å²) >= 11 is 0. The minimum absolute atomic E-state index is 0.00235. The van der Waals surface area contributed by atoms with E-state index >= 15 is 0 Å². The molecule has 0 fully saturated rings. The first-order valence-corrected chi connectivity index (χ1v) is 7.13. The maximum absolute atomic E-state index is 12.0. The van der Waals surface area contributed by atoms with Crippen molar-refractivity contribution in [3.8, 4) is 0 Å². The van der Waals surface area contributed by atoms with Gasteiger partial charge in [0.25, 0.3) is 5.56 Å². The van der Waals surface area contributed by atoms with Crippen molar-refractivity contribution in [2.24, 2.45) is 0 Å². The van der Waals surface area contributed by atoms with Crippen LogP contribution in [-0.4, -0.2) is 26.0 Å². The minimum atomic E-state index is -1.06. The van der Waals surface area contributed by atoms with Gasteiger partial charge < -0.3 is 10.1 Å². The van der Waals surface area contributed by atoms with E-state index in [0.29, 0.717) is 5.82 Å². The summed E-state index contributed by atoms with van der Waals surface area (Å²) in [5.74, 6) is -0.552. The molecule has 0 radical (unpaired) electrons. The molecule has 2 heterocycles. The number of pyridine rings is 1. The van der Waals surface area contributed by atoms with Gasteiger partial charge in [-0.1, -0.05) is 6.07 Å². The standard InChI is InChI=1S/C16H15N3O3/c20-15-11-3-1-2-4-12(11)18-14(19-15)8-6-10-5-7-13(16(21)22)17-9-10/h5-9H,1-4H2,(H,21,22)(H,18,19,20)/b8-6+. The van der Waals surface area contributed by atoms with Gasteiger partial charge in [-0.2, -0.15) is 0 Å². The molecule has 3 rings (SSSR count). The molecule has 0 unspecified atom stereocenters. The van der Waals surface area contributed by atoms with E-state index in [1.165, 1.54) is 12.3 Å². The van der Waals surface area contributed by atoms with Gasteiger partial charge in [-0.25, -0.2) is 14.8 Å². The largest absolute Gasteiger partial charge is 0.477 e. The Kier molecular flexibility index (Phi) is 3.82. The number of nitrogens with zero attached hydrogens (tertiary/aromatic N) is 2. The lowest BCUT2D eigenvalue weighted by Crippen LogP contribution is -2.21. The van der Waals surface area contributed by atoms with Crippen molar-refractivity contribution in [3.05, 3.63) is 57.0 Å². The number of rotatable bonds is 3. The van der Waals surface area contributed by atoms with E-state index in [-0.39, 0.29) is 11.3 Å². The molecule has 2 aromatic rings. The van der Waals surface area contributed by atoms with Gasteiger partial charge in [0, 0.05) is 11.8 Å². The number of carboxylic acids is 1. The summed E-state index contributed by atoms with van der Waals surface area (Å²) in [4.78, 5) is 33.8. The fourth-order valence-corrected chi connectivity index (χ4v) is 2.51. The van der Waals surface area contributed by atoms with Gasteiger partial charge in [-0.3, -0.25) is 4.79 Å². The fourth-order valence-electron chi connectivity index (χ4n) is 2.51. The Balaban J connectivity index is 1.84. The number of hydrogen-bond donors (Lipinski definition) is 2. The summed E-state index contributed by atoms with van der Waals surface area (Å²) in [5, 5.41) is 8.80. The lowest BCUT2D eigenvalue weighted by atomic mass is 9.97. The molecule has 112 valence electrons. The second-order valence-corrected chi connectivity index (χ2v) is 5.20. The van der Waals surface area contributed by atoms with Crippen LogP contribution in [0.1, 0.15) is 46.0 Å². The highest BCUT2D eigenvalue weighted by atomic mass is 16.4. The van der Waals surface area contributed by atoms with Crippen LogP contribution in [0.3, 0.4) is 0 Å². The molecular formula is C16H15N3O3. The van der Waals surface area contributed by atoms with Crippen molar-refractivity contribution in [3.63, 3.8) is 0 Å². The molecule has 0 aliphatic heterocycles. The van der Waals surface area contributed by atoms with E-state index < -0.39 is 5.97 Å². The van der Waals surface area contributed by atoms with E-state index in [1.807, 2.05) is 0 Å². The lowest BCUT2D eigenvalue weighted by molar-refractivity contribution is 0.0690. The predicted octanol–water partition coefficient (Wildman–Crippen LogP) is 1.91. The number of H-pyrrole nitrogens is 1. The molecule has 22 heavy (non-hydrogen) atoms. The van der Waals surface area contributed by atoms with E-state index in [0.717, 1.165) is 42.5 Å². The highest BCUT2D eigenvalue weighted by Gasteiger charge is 2.14. The summed E-state index contributed by atoms with van der Waals surface area (Å²) in [6.07, 6.45) is 8.65. The number of hydrogen-bond acceptors (Lipinski definition) is 4. The zero-order chi connectivity index (χ0) is 15.5. The first-order chi connectivity index (χ1) is 10.6. The van der Waals surface area contributed by atoms with Crippen molar-refractivity contribution < 1.29 is 9.90 Å². The number of carbonyl (C=O) groups is 1. The Morgan fingerprint density at radius 3 is 2.77 bits per heavy atom. The maximum Gasteiger partial charge on any atom is 0.354 e. The summed E-state index contributed by atoms with van der Waals surface area (Å²) < 4.78 is 0. The van der Waals surface area contributed by atoms with Crippen LogP contribution in [0.15, 0.2) is 23.1 Å². The molecule has 0 amide bonds. The first kappa shape index (κ1) is 14.2. The van der Waals surface area contributed by atoms with Crippen molar-refractivity contribution in [1.82, 2.24) is 15.0 Å². The summed E-state index contributed by atoms with van der Waals surface area (Å²) in [6, 6.07) is 3.09. The van der Waals surface area contributed by atoms with Gasteiger partial charge in [-0.15, -0.1) is 0 Å². The quantitative estimate of drug-likeness (QED) is 0.902. The SMILES string of the molecule is O=C(O)c1ccc(/C=C/c2nc3c(c(=O)[nH]2)CCCC3)cn1. The number of aromatic nitrogens is 3. The van der Waals surface area contributed by atoms with Crippen molar-refractivity contribution in [2.75, 3.05) is 0 Å². The highest BCUT2D eigenvalue weighted by Crippen LogP contribution is 2.16. The molecule has 0 spiro atoms. The number of carboxylic acid groups (broad SMARTS) is 1. The number of aromatic amines is 1. The Hall–Kier alpha value is -2.76. The van der Waals surface area contributed by atoms with E-state index in [4.69, 9.17) is 5.11 Å². The van der Waals surface area contributed by atoms with E-state index in [9.17, 15) is 9.59 Å². The summed E-state index contributed by atoms with van der Waals surface area (Å²) in [7, 11) is 0. The topological polar surface area (TPSA) is 95.9 Å². The normalized spacial score (nSPS) is 14.0. The van der Waals surface area contributed by atoms with Crippen LogP contribution >= 0.6 is 0 Å². The molecule has 0 saturated heterocycles. The maximum atomic E-state index is 12.0. The van der Waals surface area contributed by atoms with Crippen molar-refractivity contribution >= 4 is 18.1 Å². The number of aryl methyl sites for hydroxylation is 1. The molecule has 0 atom stereocenters. The number of nitrogens with one attached hydrogen (secondary N) is 1. The van der Waals surface area contributed by atoms with Gasteiger partial charge in [-0.05, 0) is 49.5 Å². The van der Waals surface area contributed by atoms with Gasteiger partial charge >= 0.3 is 5.97 Å². The van der Waals surface area contributed by atoms with E-state index in [1.54, 1.807) is 18.2 Å². The summed E-state index contributed by atoms with van der Waals surface area (Å²) in [6.45, 7) is 0. The minimum Gasteiger partial charge on any atom is -0.477 e. The Labute approximate surface area is 126 Å². The second kappa shape index (κ2) is 5.93. The lowest BCUT2D eigenvalue weighted by Gasteiger charge is -2.13. The van der Waals surface area contributed by atoms with Crippen molar-refractivity contribution in [1.29, 1.82) is 0 Å². The van der Waals surface area contributed by atoms with E-state index in [2.05, 4.69) is 15.0 Å². The zero-order valence-electron chi connectivity index (χ0n) is 11.9. The monoisotopic (exact) mass is 297 g/mol. The average molecular weight is 297 g/mol. The van der Waals surface area contributed by atoms with Gasteiger partial charge in [0.05, 0.1) is 5.69 Å². The molecule has 6 nitrogen and oxygen atoms in total. The Morgan fingerprint density at radius 1 is 1.23 bits per heavy atom. The first-order valence-electron chi connectivity index (χ1n) is 7.13. The summed E-state index contributed by atoms with van der Waals surface area (Å²) in [5.41, 5.74) is 2.36. The molecule has 1 aliphatic rings. The highest BCUT2D eigenvalue weighted by molar-refractivity contribution is 5.85.